The minimum absolute atomic E-state index is 0.00149. The summed E-state index contributed by atoms with van der Waals surface area (Å²) in [6.07, 6.45) is 5.55. The monoisotopic (exact) mass is 756 g/mol. The van der Waals surface area contributed by atoms with Gasteiger partial charge in [0.25, 0.3) is 5.91 Å². The van der Waals surface area contributed by atoms with Crippen molar-refractivity contribution in [3.8, 4) is 11.1 Å². The molecule has 0 spiro atoms. The molecule has 2 aliphatic heterocycles. The summed E-state index contributed by atoms with van der Waals surface area (Å²) in [6, 6.07) is 12.3. The van der Waals surface area contributed by atoms with E-state index in [4.69, 9.17) is 19.4 Å². The molecule has 0 radical (unpaired) electrons. The maximum Gasteiger partial charge on any atom is 0.254 e. The van der Waals surface area contributed by atoms with Crippen molar-refractivity contribution in [2.75, 3.05) is 13.7 Å². The number of hydrogen-bond donors (Lipinski definition) is 1. The van der Waals surface area contributed by atoms with Crippen LogP contribution >= 0.6 is 0 Å². The summed E-state index contributed by atoms with van der Waals surface area (Å²) in [5, 5.41) is -0.00149. The number of aromatic nitrogens is 4. The molecular weight excluding hydrogens is 704 g/mol. The molecule has 2 fully saturated rings. The third-order valence-electron chi connectivity index (χ3n) is 12.8. The van der Waals surface area contributed by atoms with Gasteiger partial charge in [-0.1, -0.05) is 45.9 Å². The van der Waals surface area contributed by atoms with E-state index < -0.39 is 41.2 Å². The number of rotatable bonds is 8. The molecule has 4 aliphatic rings. The number of carbonyl (C=O) groups is 1. The molecule has 1 N–H and O–H groups in total. The molecule has 1 unspecified atom stereocenters. The first-order valence-electron chi connectivity index (χ1n) is 19.0. The summed E-state index contributed by atoms with van der Waals surface area (Å²) in [5.41, 5.74) is 4.75. The van der Waals surface area contributed by atoms with Gasteiger partial charge in [-0.3, -0.25) is 4.79 Å². The zero-order chi connectivity index (χ0) is 38.0. The zero-order valence-corrected chi connectivity index (χ0v) is 34.5. The molecule has 9 nitrogen and oxygen atoms in total. The Morgan fingerprint density at radius 3 is 2.36 bits per heavy atom. The van der Waals surface area contributed by atoms with Gasteiger partial charge in [0, 0.05) is 49.0 Å². The van der Waals surface area contributed by atoms with Crippen LogP contribution in [0.1, 0.15) is 125 Å². The summed E-state index contributed by atoms with van der Waals surface area (Å²) >= 11 is 0. The van der Waals surface area contributed by atoms with E-state index in [1.165, 1.54) is 5.56 Å². The van der Waals surface area contributed by atoms with Crippen LogP contribution in [0.5, 0.6) is 0 Å². The molecule has 4 heterocycles. The Bertz CT molecular complexity index is 2160. The van der Waals surface area contributed by atoms with E-state index in [1.54, 1.807) is 12.4 Å². The van der Waals surface area contributed by atoms with Crippen LogP contribution < -0.4 is 4.72 Å². The summed E-state index contributed by atoms with van der Waals surface area (Å²) in [5.74, 6) is 1.78. The first kappa shape index (κ1) is 36.6. The molecule has 1 amide bonds. The molecule has 2 bridgehead atoms. The number of imidazole rings is 1. The van der Waals surface area contributed by atoms with Crippen LogP contribution in [0, 0.1) is 5.41 Å². The van der Waals surface area contributed by atoms with Crippen molar-refractivity contribution in [3.63, 3.8) is 0 Å². The molecule has 12 heteroatoms. The molecule has 2 aromatic carbocycles. The second-order valence-corrected chi connectivity index (χ2v) is 25.6. The molecule has 4 aromatic rings. The molecule has 2 saturated carbocycles. The highest BCUT2D eigenvalue weighted by atomic mass is 32.2. The third-order valence-corrected chi connectivity index (χ3v) is 18.9. The van der Waals surface area contributed by atoms with Crippen molar-refractivity contribution < 1.29 is 17.8 Å². The lowest BCUT2D eigenvalue weighted by Gasteiger charge is -2.57. The maximum atomic E-state index is 16.9. The molecule has 2 aromatic heterocycles. The Labute approximate surface area is 316 Å². The summed E-state index contributed by atoms with van der Waals surface area (Å²) < 4.78 is 41.8. The quantitative estimate of drug-likeness (QED) is 0.181. The Balaban J connectivity index is 1.13. The van der Waals surface area contributed by atoms with Crippen molar-refractivity contribution in [3.05, 3.63) is 77.1 Å². The van der Waals surface area contributed by atoms with Gasteiger partial charge in [-0.25, -0.2) is 28.3 Å². The smallest absolute Gasteiger partial charge is 0.254 e. The predicted octanol–water partition coefficient (Wildman–Crippen LogP) is 8.51. The average molecular weight is 757 g/mol. The highest BCUT2D eigenvalue weighted by molar-refractivity contribution is 7.84. The molecule has 8 rings (SSSR count). The largest absolute Gasteiger partial charge is 0.416 e. The lowest BCUT2D eigenvalue weighted by atomic mass is 9.57. The lowest BCUT2D eigenvalue weighted by molar-refractivity contribution is -0.115. The normalized spacial score (nSPS) is 27.7. The highest BCUT2D eigenvalue weighted by Crippen LogP contribution is 2.57. The molecule has 53 heavy (non-hydrogen) atoms. The number of benzene rings is 2. The second-order valence-electron chi connectivity index (χ2n) is 18.8. The number of nitrogens with one attached hydrogen (secondary N) is 1. The predicted molar refractivity (Wildman–Crippen MR) is 210 cm³/mol. The van der Waals surface area contributed by atoms with Gasteiger partial charge in [-0.05, 0) is 99.0 Å². The van der Waals surface area contributed by atoms with Gasteiger partial charge in [0.1, 0.15) is 17.5 Å². The third kappa shape index (κ3) is 5.76. The van der Waals surface area contributed by atoms with Crippen molar-refractivity contribution in [2.24, 2.45) is 5.41 Å². The van der Waals surface area contributed by atoms with Crippen LogP contribution in [0.2, 0.25) is 18.1 Å². The fourth-order valence-corrected chi connectivity index (χ4v) is 10.4. The molecule has 0 saturated heterocycles. The number of nitrogens with zero attached hydrogens (tertiary/aromatic N) is 5. The first-order chi connectivity index (χ1) is 24.8. The van der Waals surface area contributed by atoms with E-state index in [-0.39, 0.29) is 29.6 Å². The van der Waals surface area contributed by atoms with Crippen LogP contribution in [0.4, 0.5) is 4.39 Å². The van der Waals surface area contributed by atoms with Gasteiger partial charge >= 0.3 is 0 Å². The van der Waals surface area contributed by atoms with E-state index in [0.717, 1.165) is 58.4 Å². The number of hydrogen-bond acceptors (Lipinski definition) is 6. The molecule has 2 aliphatic carbocycles. The highest BCUT2D eigenvalue weighted by Gasteiger charge is 2.66. The topological polar surface area (TPSA) is 102 Å². The van der Waals surface area contributed by atoms with E-state index in [0.29, 0.717) is 18.2 Å². The number of carbonyl (C=O) groups excluding carboxylic acids is 1. The average Bonchev–Trinajstić information content (AvgIpc) is 3.81. The van der Waals surface area contributed by atoms with Gasteiger partial charge in [-0.15, -0.1) is 0 Å². The zero-order valence-electron chi connectivity index (χ0n) is 32.7. The van der Waals surface area contributed by atoms with Crippen molar-refractivity contribution in [2.45, 2.75) is 127 Å². The van der Waals surface area contributed by atoms with Gasteiger partial charge in [-0.2, -0.15) is 0 Å². The Morgan fingerprint density at radius 2 is 1.74 bits per heavy atom. The number of alkyl halides is 1. The molecule has 282 valence electrons. The van der Waals surface area contributed by atoms with Crippen molar-refractivity contribution >= 4 is 36.2 Å². The SMILES string of the molecule is CN1C(=O)c2cccc(C3CC3)c2[C@H]2C[C@@H]1c1nc3ccc(-c4cnc([C@]5(NS(=O)C(C)(C)C)C[C@](C)(CO[Si](C)(C)C(C)(C)C)[C@H]5F)nc4)cc3n12. The molecular formula is C41H53FN6O3SSi. The lowest BCUT2D eigenvalue weighted by Crippen LogP contribution is -2.70. The Hall–Kier alpha value is -3.32. The Morgan fingerprint density at radius 1 is 1.04 bits per heavy atom. The van der Waals surface area contributed by atoms with Crippen molar-refractivity contribution in [1.29, 1.82) is 0 Å². The van der Waals surface area contributed by atoms with Gasteiger partial charge in [0.05, 0.1) is 38.8 Å². The van der Waals surface area contributed by atoms with E-state index in [9.17, 15) is 9.00 Å². The van der Waals surface area contributed by atoms with Crippen LogP contribution in [0.3, 0.4) is 0 Å². The summed E-state index contributed by atoms with van der Waals surface area (Å²) in [4.78, 5) is 30.3. The fraction of sp³-hybridized carbons (Fsp3) is 0.561. The number of halogens is 1. The minimum Gasteiger partial charge on any atom is -0.416 e. The Kier molecular flexibility index (Phi) is 8.36. The maximum absolute atomic E-state index is 16.9. The van der Waals surface area contributed by atoms with Crippen molar-refractivity contribution in [1.82, 2.24) is 29.1 Å². The van der Waals surface area contributed by atoms with Crippen LogP contribution in [-0.4, -0.2) is 67.4 Å². The van der Waals surface area contributed by atoms with E-state index >= 15 is 4.39 Å². The number of amides is 1. The van der Waals surface area contributed by atoms with Crippen LogP contribution in [-0.2, 0) is 21.0 Å². The van der Waals surface area contributed by atoms with Gasteiger partial charge < -0.3 is 13.9 Å². The van der Waals surface area contributed by atoms with E-state index in [1.807, 2.05) is 63.9 Å². The fourth-order valence-electron chi connectivity index (χ4n) is 8.40. The van der Waals surface area contributed by atoms with E-state index in [2.05, 4.69) is 55.3 Å². The standard InChI is InChI=1S/C41H53FN6O3SSi/c1-38(2,3)52(50)46-41(22-40(7,36(41)42)23-51-53(9,10)39(4,5)6)37-43-20-26(21-44-37)25-16-17-29-30(18-25)48-31-19-32(34(48)45-29)47(8)35(49)28-13-11-12-27(33(28)31)24-14-15-24/h11-13,16-18,20-21,24,31-32,36,46H,14-15,19,22-23H2,1-10H3/t31-,32-,36-,40-,41+,52?/m1/s1. The minimum atomic E-state index is -2.12. The van der Waals surface area contributed by atoms with Crippen LogP contribution in [0.15, 0.2) is 48.8 Å². The summed E-state index contributed by atoms with van der Waals surface area (Å²) in [6.45, 7) is 18.7. The first-order valence-corrected chi connectivity index (χ1v) is 23.0. The van der Waals surface area contributed by atoms with Crippen LogP contribution in [0.25, 0.3) is 22.2 Å². The van der Waals surface area contributed by atoms with Gasteiger partial charge in [0.2, 0.25) is 0 Å². The van der Waals surface area contributed by atoms with Gasteiger partial charge in [0.15, 0.2) is 14.1 Å². The second kappa shape index (κ2) is 12.1. The molecule has 6 atom stereocenters. The number of fused-ring (bicyclic) bond motifs is 9. The summed E-state index contributed by atoms with van der Waals surface area (Å²) in [7, 11) is -1.78.